The Bertz CT molecular complexity index is 679. The molecule has 1 aromatic carbocycles. The van der Waals surface area contributed by atoms with E-state index < -0.39 is 0 Å². The molecule has 5 nitrogen and oxygen atoms in total. The van der Waals surface area contributed by atoms with E-state index >= 15 is 0 Å². The van der Waals surface area contributed by atoms with Crippen LogP contribution in [0.3, 0.4) is 0 Å². The molecule has 0 spiro atoms. The van der Waals surface area contributed by atoms with Crippen molar-refractivity contribution in [1.29, 1.82) is 0 Å². The predicted octanol–water partition coefficient (Wildman–Crippen LogP) is 3.88. The van der Waals surface area contributed by atoms with Gasteiger partial charge in [0.1, 0.15) is 0 Å². The lowest BCUT2D eigenvalue weighted by Gasteiger charge is -1.94. The molecule has 0 saturated carbocycles. The molecule has 3 rings (SSSR count). The van der Waals surface area contributed by atoms with Crippen molar-refractivity contribution in [2.75, 3.05) is 7.11 Å². The number of rotatable bonds is 1. The molecular weight excluding hydrogens is 300 g/mol. The third-order valence-corrected chi connectivity index (χ3v) is 3.05. The van der Waals surface area contributed by atoms with Crippen LogP contribution in [0.2, 0.25) is 0 Å². The summed E-state index contributed by atoms with van der Waals surface area (Å²) in [7, 11) is 1.57. The molecule has 0 aliphatic heterocycles. The molecule has 0 atom stereocenters. The molecule has 0 aliphatic rings. The van der Waals surface area contributed by atoms with Crippen LogP contribution in [0.5, 0.6) is 5.88 Å². The topological polar surface area (TPSA) is 60.8 Å². The summed E-state index contributed by atoms with van der Waals surface area (Å²) in [6.45, 7) is 7.86. The molecule has 0 N–H and O–H groups in total. The number of methoxy groups -OCH3 is 1. The van der Waals surface area contributed by atoms with E-state index in [0.717, 1.165) is 17.1 Å². The molecule has 0 amide bonds. The summed E-state index contributed by atoms with van der Waals surface area (Å²) in [6.07, 6.45) is 3.39. The summed E-state index contributed by atoms with van der Waals surface area (Å²) in [5, 5.41) is 7.50. The van der Waals surface area contributed by atoms with E-state index in [4.69, 9.17) is 4.74 Å². The molecule has 2 heterocycles. The Balaban J connectivity index is 0.000000181. The quantitative estimate of drug-likeness (QED) is 0.680. The van der Waals surface area contributed by atoms with Gasteiger partial charge >= 0.3 is 0 Å². The van der Waals surface area contributed by atoms with Gasteiger partial charge in [-0.25, -0.2) is 0 Å². The smallest absolute Gasteiger partial charge is 0.233 e. The van der Waals surface area contributed by atoms with Gasteiger partial charge in [-0.1, -0.05) is 35.9 Å². The summed E-state index contributed by atoms with van der Waals surface area (Å²) >= 11 is 0. The fraction of sp³-hybridized carbons (Fsp3) is 0.263. The Morgan fingerprint density at radius 1 is 0.708 bits per heavy atom. The summed E-state index contributed by atoms with van der Waals surface area (Å²) in [6, 6.07) is 13.9. The van der Waals surface area contributed by atoms with Crippen LogP contribution in [0.4, 0.5) is 0 Å². The molecule has 0 aliphatic carbocycles. The van der Waals surface area contributed by atoms with Crippen LogP contribution in [-0.4, -0.2) is 27.3 Å². The SMILES string of the molecule is COc1ccc(C)nn1.Cc1ccccc1.Cc1nccnc1C. The van der Waals surface area contributed by atoms with E-state index in [1.807, 2.05) is 45.0 Å². The van der Waals surface area contributed by atoms with Crippen molar-refractivity contribution in [3.63, 3.8) is 0 Å². The van der Waals surface area contributed by atoms with Crippen LogP contribution in [0.25, 0.3) is 0 Å². The fourth-order valence-corrected chi connectivity index (χ4v) is 1.51. The van der Waals surface area contributed by atoms with Crippen molar-refractivity contribution < 1.29 is 4.74 Å². The van der Waals surface area contributed by atoms with E-state index in [0.29, 0.717) is 5.88 Å². The molecular formula is C19H24N4O. The minimum Gasteiger partial charge on any atom is -0.480 e. The second-order valence-electron chi connectivity index (χ2n) is 5.10. The highest BCUT2D eigenvalue weighted by Gasteiger charge is 1.89. The van der Waals surface area contributed by atoms with Crippen molar-refractivity contribution >= 4 is 0 Å². The van der Waals surface area contributed by atoms with Gasteiger partial charge in [-0.05, 0) is 33.8 Å². The zero-order valence-electron chi connectivity index (χ0n) is 14.9. The van der Waals surface area contributed by atoms with Crippen LogP contribution < -0.4 is 4.74 Å². The van der Waals surface area contributed by atoms with Gasteiger partial charge in [0.15, 0.2) is 0 Å². The van der Waals surface area contributed by atoms with E-state index in [-0.39, 0.29) is 0 Å². The van der Waals surface area contributed by atoms with Gasteiger partial charge in [-0.3, -0.25) is 9.97 Å². The van der Waals surface area contributed by atoms with Crippen molar-refractivity contribution in [2.45, 2.75) is 27.7 Å². The number of aromatic nitrogens is 4. The van der Waals surface area contributed by atoms with Crippen LogP contribution in [0.15, 0.2) is 54.9 Å². The molecule has 126 valence electrons. The van der Waals surface area contributed by atoms with Crippen LogP contribution in [0.1, 0.15) is 22.6 Å². The second-order valence-corrected chi connectivity index (χ2v) is 5.10. The van der Waals surface area contributed by atoms with Crippen LogP contribution in [0, 0.1) is 27.7 Å². The number of benzene rings is 1. The number of aryl methyl sites for hydroxylation is 4. The molecule has 24 heavy (non-hydrogen) atoms. The normalized spacial score (nSPS) is 9.04. The van der Waals surface area contributed by atoms with Gasteiger partial charge in [-0.2, -0.15) is 5.10 Å². The Morgan fingerprint density at radius 3 is 1.62 bits per heavy atom. The zero-order valence-corrected chi connectivity index (χ0v) is 14.9. The lowest BCUT2D eigenvalue weighted by Crippen LogP contribution is -1.90. The van der Waals surface area contributed by atoms with Crippen molar-refractivity contribution in [1.82, 2.24) is 20.2 Å². The van der Waals surface area contributed by atoms with Gasteiger partial charge < -0.3 is 4.74 Å². The zero-order chi connectivity index (χ0) is 17.8. The molecule has 3 aromatic rings. The van der Waals surface area contributed by atoms with Gasteiger partial charge in [-0.15, -0.1) is 5.10 Å². The van der Waals surface area contributed by atoms with E-state index in [2.05, 4.69) is 39.2 Å². The minimum absolute atomic E-state index is 0.556. The van der Waals surface area contributed by atoms with Crippen LogP contribution >= 0.6 is 0 Å². The summed E-state index contributed by atoms with van der Waals surface area (Å²) in [4.78, 5) is 8.03. The molecule has 0 radical (unpaired) electrons. The van der Waals surface area contributed by atoms with E-state index in [1.165, 1.54) is 5.56 Å². The van der Waals surface area contributed by atoms with Crippen molar-refractivity contribution in [3.05, 3.63) is 77.5 Å². The lowest BCUT2D eigenvalue weighted by atomic mass is 10.2. The Hall–Kier alpha value is -2.82. The first-order chi connectivity index (χ1) is 11.5. The lowest BCUT2D eigenvalue weighted by molar-refractivity contribution is 0.391. The van der Waals surface area contributed by atoms with Gasteiger partial charge in [0.25, 0.3) is 0 Å². The molecule has 2 aromatic heterocycles. The molecule has 0 saturated heterocycles. The monoisotopic (exact) mass is 324 g/mol. The van der Waals surface area contributed by atoms with Gasteiger partial charge in [0, 0.05) is 18.5 Å². The second kappa shape index (κ2) is 10.8. The maximum atomic E-state index is 4.80. The molecule has 0 fully saturated rings. The van der Waals surface area contributed by atoms with E-state index in [9.17, 15) is 0 Å². The van der Waals surface area contributed by atoms with Crippen molar-refractivity contribution in [2.24, 2.45) is 0 Å². The number of nitrogens with zero attached hydrogens (tertiary/aromatic N) is 4. The first-order valence-electron chi connectivity index (χ1n) is 7.63. The molecule has 0 bridgehead atoms. The third kappa shape index (κ3) is 7.98. The largest absolute Gasteiger partial charge is 0.480 e. The first-order valence-corrected chi connectivity index (χ1v) is 7.63. The number of hydrogen-bond donors (Lipinski definition) is 0. The molecule has 0 unspecified atom stereocenters. The fourth-order valence-electron chi connectivity index (χ4n) is 1.51. The average molecular weight is 324 g/mol. The van der Waals surface area contributed by atoms with E-state index in [1.54, 1.807) is 25.6 Å². The Kier molecular flexibility index (Phi) is 8.68. The summed E-state index contributed by atoms with van der Waals surface area (Å²) < 4.78 is 4.80. The number of hydrogen-bond acceptors (Lipinski definition) is 5. The van der Waals surface area contributed by atoms with Crippen molar-refractivity contribution in [3.8, 4) is 5.88 Å². The average Bonchev–Trinajstić information content (AvgIpc) is 2.60. The standard InChI is InChI=1S/C7H8.C6H8N2O.C6H8N2/c1-7-5-3-2-4-6-7;1-5-3-4-6(9-2)8-7-5;1-5-6(2)8-4-3-7-5/h2-6H,1H3;3-4H,1-2H3;3-4H,1-2H3. The Morgan fingerprint density at radius 2 is 1.29 bits per heavy atom. The first kappa shape index (κ1) is 19.2. The minimum atomic E-state index is 0.556. The summed E-state index contributed by atoms with van der Waals surface area (Å²) in [5.41, 5.74) is 4.23. The summed E-state index contributed by atoms with van der Waals surface area (Å²) in [5.74, 6) is 0.556. The van der Waals surface area contributed by atoms with Gasteiger partial charge in [0.05, 0.1) is 24.2 Å². The van der Waals surface area contributed by atoms with Gasteiger partial charge in [0.2, 0.25) is 5.88 Å². The molecule has 5 heteroatoms. The highest BCUT2D eigenvalue weighted by atomic mass is 16.5. The highest BCUT2D eigenvalue weighted by molar-refractivity contribution is 5.11. The van der Waals surface area contributed by atoms with Crippen LogP contribution in [-0.2, 0) is 0 Å². The third-order valence-electron chi connectivity index (χ3n) is 3.05. The highest BCUT2D eigenvalue weighted by Crippen LogP contribution is 2.01. The maximum absolute atomic E-state index is 4.80. The number of ether oxygens (including phenoxy) is 1. The predicted molar refractivity (Wildman–Crippen MR) is 96.0 cm³/mol. The maximum Gasteiger partial charge on any atom is 0.233 e. The Labute approximate surface area is 143 Å².